The van der Waals surface area contributed by atoms with E-state index in [1.165, 1.54) is 6.33 Å². The van der Waals surface area contributed by atoms with Crippen molar-refractivity contribution in [3.05, 3.63) is 54.6 Å². The number of carbonyl (C=O) groups is 2. The maximum absolute atomic E-state index is 12.5. The van der Waals surface area contributed by atoms with Gasteiger partial charge in [-0.2, -0.15) is 0 Å². The summed E-state index contributed by atoms with van der Waals surface area (Å²) < 4.78 is 5.57. The summed E-state index contributed by atoms with van der Waals surface area (Å²) in [5.74, 6) is 0.563. The Morgan fingerprint density at radius 2 is 1.97 bits per heavy atom. The van der Waals surface area contributed by atoms with E-state index in [-0.39, 0.29) is 17.2 Å². The Bertz CT molecular complexity index is 1020. The van der Waals surface area contributed by atoms with Crippen molar-refractivity contribution in [1.29, 1.82) is 0 Å². The fourth-order valence-electron chi connectivity index (χ4n) is 4.38. The molecular formula is C21H21N5O3. The summed E-state index contributed by atoms with van der Waals surface area (Å²) in [7, 11) is 0. The molecule has 4 heterocycles. The molecule has 8 heteroatoms. The zero-order valence-electron chi connectivity index (χ0n) is 15.9. The predicted octanol–water partition coefficient (Wildman–Crippen LogP) is 2.29. The van der Waals surface area contributed by atoms with Gasteiger partial charge in [0.15, 0.2) is 11.3 Å². The number of rotatable bonds is 4. The summed E-state index contributed by atoms with van der Waals surface area (Å²) in [6.07, 6.45) is 10.8. The maximum Gasteiger partial charge on any atom is 0.287 e. The number of nitrogens with one attached hydrogen (secondary N) is 1. The normalized spacial score (nSPS) is 20.0. The second-order valence-electron chi connectivity index (χ2n) is 7.92. The van der Waals surface area contributed by atoms with E-state index >= 15 is 0 Å². The van der Waals surface area contributed by atoms with Crippen LogP contribution in [0.1, 0.15) is 40.2 Å². The van der Waals surface area contributed by atoms with Crippen LogP contribution in [0.3, 0.4) is 0 Å². The standard InChI is InChI=1S/C21H21N5O3/c27-19(17-7-14-1-4-22-12-18(14)29-17)25-11-16-8-21(16)2-5-26(6-3-21)20(28)15-9-23-13-24-10-15/h1,4,7,9-10,12-13,16H,2-3,5-6,8,11H2,(H,25,27). The first-order chi connectivity index (χ1) is 14.1. The molecule has 2 aliphatic rings. The monoisotopic (exact) mass is 391 g/mol. The maximum atomic E-state index is 12.5. The van der Waals surface area contributed by atoms with Gasteiger partial charge in [-0.15, -0.1) is 0 Å². The van der Waals surface area contributed by atoms with E-state index in [1.54, 1.807) is 30.9 Å². The van der Waals surface area contributed by atoms with E-state index in [4.69, 9.17) is 4.42 Å². The van der Waals surface area contributed by atoms with Crippen LogP contribution in [0.15, 0.2) is 47.7 Å². The highest BCUT2D eigenvalue weighted by Crippen LogP contribution is 2.59. The van der Waals surface area contributed by atoms with Crippen LogP contribution in [0, 0.1) is 11.3 Å². The van der Waals surface area contributed by atoms with Crippen molar-refractivity contribution < 1.29 is 14.0 Å². The number of piperidine rings is 1. The second-order valence-corrected chi connectivity index (χ2v) is 7.92. The second kappa shape index (κ2) is 6.95. The molecule has 29 heavy (non-hydrogen) atoms. The number of furan rings is 1. The average Bonchev–Trinajstić information content (AvgIpc) is 3.24. The number of hydrogen-bond donors (Lipinski definition) is 1. The molecular weight excluding hydrogens is 370 g/mol. The van der Waals surface area contributed by atoms with Gasteiger partial charge in [-0.1, -0.05) is 0 Å². The third kappa shape index (κ3) is 3.35. The Morgan fingerprint density at radius 3 is 2.72 bits per heavy atom. The number of carbonyl (C=O) groups excluding carboxylic acids is 2. The van der Waals surface area contributed by atoms with Crippen LogP contribution in [0.25, 0.3) is 11.0 Å². The molecule has 0 radical (unpaired) electrons. The van der Waals surface area contributed by atoms with Crippen LogP contribution in [0.5, 0.6) is 0 Å². The van der Waals surface area contributed by atoms with Crippen LogP contribution in [0.4, 0.5) is 0 Å². The van der Waals surface area contributed by atoms with Gasteiger partial charge in [0.25, 0.3) is 11.8 Å². The molecule has 8 nitrogen and oxygen atoms in total. The number of fused-ring (bicyclic) bond motifs is 1. The van der Waals surface area contributed by atoms with Gasteiger partial charge in [0.1, 0.15) is 6.33 Å². The third-order valence-corrected chi connectivity index (χ3v) is 6.27. The van der Waals surface area contributed by atoms with Crippen molar-refractivity contribution in [2.75, 3.05) is 19.6 Å². The third-order valence-electron chi connectivity index (χ3n) is 6.27. The molecule has 1 spiro atoms. The SMILES string of the molecule is O=C(NCC1CC12CCN(C(=O)c1cncnc1)CC2)c1cc2ccncc2o1. The van der Waals surface area contributed by atoms with Crippen molar-refractivity contribution in [1.82, 2.24) is 25.2 Å². The van der Waals surface area contributed by atoms with Gasteiger partial charge in [0.2, 0.25) is 0 Å². The van der Waals surface area contributed by atoms with Gasteiger partial charge in [-0.25, -0.2) is 9.97 Å². The first-order valence-electron chi connectivity index (χ1n) is 9.81. The number of likely N-dealkylation sites (tertiary alicyclic amines) is 1. The number of hydrogen-bond acceptors (Lipinski definition) is 6. The van der Waals surface area contributed by atoms with E-state index in [1.807, 2.05) is 11.0 Å². The van der Waals surface area contributed by atoms with Crippen LogP contribution < -0.4 is 5.32 Å². The summed E-state index contributed by atoms with van der Waals surface area (Å²) in [5.41, 5.74) is 1.39. The quantitative estimate of drug-likeness (QED) is 0.732. The minimum absolute atomic E-state index is 0.00896. The average molecular weight is 391 g/mol. The van der Waals surface area contributed by atoms with E-state index in [0.29, 0.717) is 29.4 Å². The zero-order valence-corrected chi connectivity index (χ0v) is 15.9. The number of pyridine rings is 1. The summed E-state index contributed by atoms with van der Waals surface area (Å²) in [5, 5.41) is 3.87. The fourth-order valence-corrected chi connectivity index (χ4v) is 4.38. The van der Waals surface area contributed by atoms with Gasteiger partial charge in [-0.3, -0.25) is 14.6 Å². The molecule has 1 N–H and O–H groups in total. The van der Waals surface area contributed by atoms with E-state index in [2.05, 4.69) is 20.3 Å². The van der Waals surface area contributed by atoms with Crippen LogP contribution in [0.2, 0.25) is 0 Å². The van der Waals surface area contributed by atoms with Gasteiger partial charge in [0, 0.05) is 43.6 Å². The topological polar surface area (TPSA) is 101 Å². The summed E-state index contributed by atoms with van der Waals surface area (Å²) >= 11 is 0. The van der Waals surface area contributed by atoms with Gasteiger partial charge < -0.3 is 14.6 Å². The van der Waals surface area contributed by atoms with Gasteiger partial charge >= 0.3 is 0 Å². The molecule has 1 aliphatic heterocycles. The molecule has 3 aromatic heterocycles. The van der Waals surface area contributed by atoms with Crippen molar-refractivity contribution in [2.24, 2.45) is 11.3 Å². The zero-order chi connectivity index (χ0) is 19.8. The Balaban J connectivity index is 1.14. The van der Waals surface area contributed by atoms with E-state index < -0.39 is 0 Å². The first kappa shape index (κ1) is 17.8. The van der Waals surface area contributed by atoms with Crippen molar-refractivity contribution >= 4 is 22.8 Å². The van der Waals surface area contributed by atoms with Crippen molar-refractivity contribution in [3.63, 3.8) is 0 Å². The summed E-state index contributed by atoms with van der Waals surface area (Å²) in [4.78, 5) is 38.7. The molecule has 3 aromatic rings. The fraction of sp³-hybridized carbons (Fsp3) is 0.381. The van der Waals surface area contributed by atoms with Crippen molar-refractivity contribution in [3.8, 4) is 0 Å². The molecule has 1 saturated heterocycles. The highest BCUT2D eigenvalue weighted by molar-refractivity contribution is 5.96. The molecule has 1 saturated carbocycles. The number of aromatic nitrogens is 3. The molecule has 1 aliphatic carbocycles. The molecule has 148 valence electrons. The molecule has 0 bridgehead atoms. The Labute approximate surface area is 167 Å². The van der Waals surface area contributed by atoms with E-state index in [0.717, 1.165) is 37.7 Å². The Hall–Kier alpha value is -3.29. The minimum Gasteiger partial charge on any atom is -0.449 e. The van der Waals surface area contributed by atoms with E-state index in [9.17, 15) is 9.59 Å². The smallest absolute Gasteiger partial charge is 0.287 e. The molecule has 1 atom stereocenters. The summed E-state index contributed by atoms with van der Waals surface area (Å²) in [6, 6.07) is 3.56. The lowest BCUT2D eigenvalue weighted by Crippen LogP contribution is -2.40. The molecule has 2 fully saturated rings. The highest BCUT2D eigenvalue weighted by atomic mass is 16.3. The lowest BCUT2D eigenvalue weighted by Gasteiger charge is -2.33. The molecule has 1 unspecified atom stereocenters. The molecule has 2 amide bonds. The number of nitrogens with zero attached hydrogens (tertiary/aromatic N) is 4. The molecule has 0 aromatic carbocycles. The Kier molecular flexibility index (Phi) is 4.26. The first-order valence-corrected chi connectivity index (χ1v) is 9.81. The molecule has 5 rings (SSSR count). The lowest BCUT2D eigenvalue weighted by molar-refractivity contribution is 0.0668. The van der Waals surface area contributed by atoms with Crippen LogP contribution in [-0.4, -0.2) is 51.3 Å². The summed E-state index contributed by atoms with van der Waals surface area (Å²) in [6.45, 7) is 2.10. The van der Waals surface area contributed by atoms with Crippen LogP contribution in [-0.2, 0) is 0 Å². The minimum atomic E-state index is -0.194. The van der Waals surface area contributed by atoms with Crippen molar-refractivity contribution in [2.45, 2.75) is 19.3 Å². The van der Waals surface area contributed by atoms with Gasteiger partial charge in [-0.05, 0) is 42.7 Å². The largest absolute Gasteiger partial charge is 0.449 e. The number of amides is 2. The van der Waals surface area contributed by atoms with Gasteiger partial charge in [0.05, 0.1) is 11.8 Å². The Morgan fingerprint density at radius 1 is 1.17 bits per heavy atom. The lowest BCUT2D eigenvalue weighted by atomic mass is 9.90. The highest BCUT2D eigenvalue weighted by Gasteiger charge is 2.54. The predicted molar refractivity (Wildman–Crippen MR) is 104 cm³/mol. The van der Waals surface area contributed by atoms with Crippen LogP contribution >= 0.6 is 0 Å².